The average molecular weight is 386 g/mol. The van der Waals surface area contributed by atoms with Crippen LogP contribution in [0.4, 0.5) is 10.6 Å². The van der Waals surface area contributed by atoms with Gasteiger partial charge in [-0.05, 0) is 28.8 Å². The lowest BCUT2D eigenvalue weighted by Crippen LogP contribution is -2.53. The van der Waals surface area contributed by atoms with Crippen LogP contribution in [0.3, 0.4) is 0 Å². The lowest BCUT2D eigenvalue weighted by molar-refractivity contribution is -0.142. The van der Waals surface area contributed by atoms with Crippen molar-refractivity contribution >= 4 is 33.7 Å². The van der Waals surface area contributed by atoms with Crippen LogP contribution in [-0.4, -0.2) is 70.4 Å². The molecule has 0 aromatic carbocycles. The van der Waals surface area contributed by atoms with E-state index in [9.17, 15) is 9.59 Å². The third-order valence-electron chi connectivity index (χ3n) is 4.14. The van der Waals surface area contributed by atoms with E-state index in [0.717, 1.165) is 17.4 Å². The van der Waals surface area contributed by atoms with Crippen molar-refractivity contribution in [3.63, 3.8) is 0 Å². The molecule has 2 aliphatic heterocycles. The summed E-state index contributed by atoms with van der Waals surface area (Å²) in [5.41, 5.74) is 0. The number of anilines is 1. The summed E-state index contributed by atoms with van der Waals surface area (Å²) >= 11 is 3.34. The molecule has 0 radical (unpaired) electrons. The number of hydrogen-bond donors (Lipinski definition) is 1. The second-order valence-electron chi connectivity index (χ2n) is 5.72. The first kappa shape index (κ1) is 16.3. The van der Waals surface area contributed by atoms with Crippen molar-refractivity contribution < 1.29 is 14.3 Å². The van der Waals surface area contributed by atoms with Crippen LogP contribution in [0, 0.1) is 0 Å². The number of rotatable bonds is 2. The van der Waals surface area contributed by atoms with Gasteiger partial charge in [0.2, 0.25) is 0 Å². The maximum absolute atomic E-state index is 12.3. The van der Waals surface area contributed by atoms with E-state index in [-0.39, 0.29) is 18.0 Å². The molecule has 1 aromatic heterocycles. The minimum absolute atomic E-state index is 0.0521. The van der Waals surface area contributed by atoms with Crippen LogP contribution in [0.1, 0.15) is 12.8 Å². The Labute approximate surface area is 142 Å². The Bertz CT molecular complexity index is 572. The quantitative estimate of drug-likeness (QED) is 0.824. The van der Waals surface area contributed by atoms with Gasteiger partial charge in [0.15, 0.2) is 5.82 Å². The van der Waals surface area contributed by atoms with E-state index in [1.54, 1.807) is 27.6 Å². The highest BCUT2D eigenvalue weighted by molar-refractivity contribution is 9.10. The van der Waals surface area contributed by atoms with Crippen LogP contribution in [0.2, 0.25) is 0 Å². The third kappa shape index (κ3) is 3.66. The zero-order chi connectivity index (χ0) is 16.4. The lowest BCUT2D eigenvalue weighted by Gasteiger charge is -2.35. The molecule has 0 aliphatic carbocycles. The number of aromatic nitrogens is 2. The number of carbonyl (C=O) groups is 2. The number of carbonyl (C=O) groups excluding carboxylic acids is 2. The van der Waals surface area contributed by atoms with Gasteiger partial charge >= 0.3 is 6.03 Å². The molecule has 1 aromatic rings. The normalized spacial score (nSPS) is 21.6. The van der Waals surface area contributed by atoms with Crippen molar-refractivity contribution in [2.45, 2.75) is 18.9 Å². The minimum Gasteiger partial charge on any atom is -0.368 e. The number of nitrogens with one attached hydrogen (secondary N) is 1. The van der Waals surface area contributed by atoms with Gasteiger partial charge in [-0.1, -0.05) is 0 Å². The van der Waals surface area contributed by atoms with Gasteiger partial charge in [0.05, 0.1) is 0 Å². The van der Waals surface area contributed by atoms with E-state index in [1.165, 1.54) is 0 Å². The second kappa shape index (κ2) is 6.88. The van der Waals surface area contributed by atoms with Crippen molar-refractivity contribution in [2.24, 2.45) is 7.05 Å². The highest BCUT2D eigenvalue weighted by Crippen LogP contribution is 2.17. The summed E-state index contributed by atoms with van der Waals surface area (Å²) in [6.45, 7) is 2.77. The van der Waals surface area contributed by atoms with Crippen LogP contribution in [0.25, 0.3) is 0 Å². The summed E-state index contributed by atoms with van der Waals surface area (Å²) in [4.78, 5) is 28.0. The van der Waals surface area contributed by atoms with Gasteiger partial charge in [0, 0.05) is 45.9 Å². The Balaban J connectivity index is 1.50. The first-order chi connectivity index (χ1) is 11.0. The summed E-state index contributed by atoms with van der Waals surface area (Å²) in [5, 5.41) is 6.94. The lowest BCUT2D eigenvalue weighted by atomic mass is 10.2. The van der Waals surface area contributed by atoms with Gasteiger partial charge < -0.3 is 14.5 Å². The number of amides is 3. The van der Waals surface area contributed by atoms with Crippen LogP contribution in [0.15, 0.2) is 10.7 Å². The number of ether oxygens (including phenoxy) is 1. The molecule has 0 unspecified atom stereocenters. The van der Waals surface area contributed by atoms with E-state index >= 15 is 0 Å². The fourth-order valence-electron chi connectivity index (χ4n) is 2.80. The molecule has 2 fully saturated rings. The summed E-state index contributed by atoms with van der Waals surface area (Å²) in [7, 11) is 1.79. The Morgan fingerprint density at radius 3 is 2.57 bits per heavy atom. The molecular weight excluding hydrogens is 366 g/mol. The van der Waals surface area contributed by atoms with Gasteiger partial charge in [-0.2, -0.15) is 5.10 Å². The molecule has 23 heavy (non-hydrogen) atoms. The summed E-state index contributed by atoms with van der Waals surface area (Å²) in [5.74, 6) is 0.554. The molecule has 3 heterocycles. The maximum Gasteiger partial charge on any atom is 0.323 e. The van der Waals surface area contributed by atoms with E-state index in [4.69, 9.17) is 4.74 Å². The Hall–Kier alpha value is -1.61. The van der Waals surface area contributed by atoms with Crippen molar-refractivity contribution in [1.29, 1.82) is 0 Å². The Morgan fingerprint density at radius 2 is 2.00 bits per heavy atom. The highest BCUT2D eigenvalue weighted by atomic mass is 79.9. The molecule has 2 saturated heterocycles. The fraction of sp³-hybridized carbons (Fsp3) is 0.643. The number of urea groups is 1. The molecule has 2 aliphatic rings. The number of hydrogen-bond acceptors (Lipinski definition) is 4. The number of aryl methyl sites for hydroxylation is 1. The summed E-state index contributed by atoms with van der Waals surface area (Å²) in [6.07, 6.45) is 1.45. The highest BCUT2D eigenvalue weighted by Gasteiger charge is 2.31. The number of nitrogens with zero attached hydrogens (tertiary/aromatic N) is 4. The van der Waals surface area contributed by atoms with Gasteiger partial charge in [0.25, 0.3) is 5.91 Å². The molecule has 1 N–H and O–H groups in total. The van der Waals surface area contributed by atoms with Crippen molar-refractivity contribution in [3.8, 4) is 0 Å². The molecule has 8 nitrogen and oxygen atoms in total. The molecule has 0 bridgehead atoms. The smallest absolute Gasteiger partial charge is 0.323 e. The van der Waals surface area contributed by atoms with Gasteiger partial charge in [0.1, 0.15) is 10.7 Å². The monoisotopic (exact) mass is 385 g/mol. The zero-order valence-electron chi connectivity index (χ0n) is 13.0. The second-order valence-corrected chi connectivity index (χ2v) is 6.53. The predicted octanol–water partition coefficient (Wildman–Crippen LogP) is 1.04. The Morgan fingerprint density at radius 1 is 1.30 bits per heavy atom. The van der Waals surface area contributed by atoms with Crippen LogP contribution >= 0.6 is 15.9 Å². The summed E-state index contributed by atoms with van der Waals surface area (Å²) < 4.78 is 7.86. The van der Waals surface area contributed by atoms with Crippen molar-refractivity contribution in [3.05, 3.63) is 10.7 Å². The van der Waals surface area contributed by atoms with Gasteiger partial charge in [-0.15, -0.1) is 0 Å². The molecular formula is C14H20BrN5O3. The molecule has 1 atom stereocenters. The van der Waals surface area contributed by atoms with E-state index < -0.39 is 0 Å². The first-order valence-corrected chi connectivity index (χ1v) is 8.50. The zero-order valence-corrected chi connectivity index (χ0v) is 14.6. The topological polar surface area (TPSA) is 79.7 Å². The van der Waals surface area contributed by atoms with Crippen molar-refractivity contribution in [1.82, 2.24) is 19.6 Å². The summed E-state index contributed by atoms with van der Waals surface area (Å²) in [6, 6.07) is 1.55. The SMILES string of the molecule is Cn1nc(NC(=O)N2CCN(C(=O)[C@@H]3CCCO3)CC2)cc1Br. The van der Waals surface area contributed by atoms with Gasteiger partial charge in [-0.3, -0.25) is 14.8 Å². The minimum atomic E-state index is -0.291. The van der Waals surface area contributed by atoms with Gasteiger partial charge in [-0.25, -0.2) is 4.79 Å². The average Bonchev–Trinajstić information content (AvgIpc) is 3.17. The predicted molar refractivity (Wildman–Crippen MR) is 87.1 cm³/mol. The first-order valence-electron chi connectivity index (χ1n) is 7.70. The number of halogens is 1. The number of piperazine rings is 1. The third-order valence-corrected chi connectivity index (χ3v) is 4.88. The van der Waals surface area contributed by atoms with E-state index in [1.807, 2.05) is 0 Å². The molecule has 0 saturated carbocycles. The Kier molecular flexibility index (Phi) is 4.86. The molecule has 9 heteroatoms. The van der Waals surface area contributed by atoms with Crippen LogP contribution in [0.5, 0.6) is 0 Å². The molecule has 126 valence electrons. The largest absolute Gasteiger partial charge is 0.368 e. The molecule has 3 amide bonds. The molecule has 0 spiro atoms. The van der Waals surface area contributed by atoms with E-state index in [0.29, 0.717) is 38.6 Å². The fourth-order valence-corrected chi connectivity index (χ4v) is 3.10. The van der Waals surface area contributed by atoms with Crippen LogP contribution in [-0.2, 0) is 16.6 Å². The molecule has 3 rings (SSSR count). The van der Waals surface area contributed by atoms with E-state index in [2.05, 4.69) is 26.3 Å². The van der Waals surface area contributed by atoms with Crippen LogP contribution < -0.4 is 5.32 Å². The standard InChI is InChI=1S/C14H20BrN5O3/c1-18-11(15)9-12(17-18)16-14(22)20-6-4-19(5-7-20)13(21)10-3-2-8-23-10/h9-10H,2-8H2,1H3,(H,16,17,22)/t10-/m0/s1. The maximum atomic E-state index is 12.3. The van der Waals surface area contributed by atoms with Crippen molar-refractivity contribution in [2.75, 3.05) is 38.1 Å².